The number of nitrogens with one attached hydrogen (secondary N) is 3. The van der Waals surface area contributed by atoms with Gasteiger partial charge in [0.05, 0.1) is 12.7 Å². The average molecular weight is 573 g/mol. The molecule has 7 atom stereocenters. The maximum absolute atomic E-state index is 6.89. The predicted molar refractivity (Wildman–Crippen MR) is 167 cm³/mol. The quantitative estimate of drug-likeness (QED) is 0.367. The van der Waals surface area contributed by atoms with E-state index in [1.165, 1.54) is 42.4 Å². The van der Waals surface area contributed by atoms with Gasteiger partial charge in [-0.1, -0.05) is 71.2 Å². The van der Waals surface area contributed by atoms with Crippen LogP contribution < -0.4 is 15.4 Å². The largest absolute Gasteiger partial charge is 0.376 e. The number of nitrogens with zero attached hydrogens (tertiary/aromatic N) is 1. The van der Waals surface area contributed by atoms with E-state index < -0.39 is 0 Å². The first-order chi connectivity index (χ1) is 19.0. The van der Waals surface area contributed by atoms with Crippen molar-refractivity contribution >= 4 is 11.9 Å². The van der Waals surface area contributed by atoms with Crippen LogP contribution in [0.5, 0.6) is 0 Å². The van der Waals surface area contributed by atoms with Gasteiger partial charge in [-0.3, -0.25) is 15.5 Å². The van der Waals surface area contributed by atoms with E-state index in [-0.39, 0.29) is 35.5 Å². The lowest BCUT2D eigenvalue weighted by atomic mass is 9.83. The SMILES string of the molecule is Cc1cccc(C)c1C1CC2NC(NSC3CCCC(C3)CN(CC3OCCC3(C)C)[C@H](CC(C)(C)C)CO2)N1. The van der Waals surface area contributed by atoms with Crippen LogP contribution in [0.15, 0.2) is 18.2 Å². The molecule has 40 heavy (non-hydrogen) atoms. The zero-order chi connectivity index (χ0) is 28.5. The minimum Gasteiger partial charge on any atom is -0.376 e. The summed E-state index contributed by atoms with van der Waals surface area (Å²) in [4.78, 5) is 2.80. The third-order valence-corrected chi connectivity index (χ3v) is 11.0. The van der Waals surface area contributed by atoms with E-state index in [4.69, 9.17) is 9.47 Å². The zero-order valence-corrected chi connectivity index (χ0v) is 27.0. The molecule has 1 aromatic rings. The Morgan fingerprint density at radius 1 is 1.05 bits per heavy atom. The number of benzene rings is 1. The van der Waals surface area contributed by atoms with Crippen LogP contribution in [0, 0.1) is 30.6 Å². The van der Waals surface area contributed by atoms with Crippen molar-refractivity contribution in [2.45, 2.75) is 129 Å². The number of fused-ring (bicyclic) bond motifs is 4. The normalized spacial score (nSPS) is 35.9. The fourth-order valence-electron chi connectivity index (χ4n) is 7.52. The molecule has 7 heteroatoms. The maximum Gasteiger partial charge on any atom is 0.123 e. The predicted octanol–water partition coefficient (Wildman–Crippen LogP) is 6.29. The molecule has 6 nitrogen and oxygen atoms in total. The lowest BCUT2D eigenvalue weighted by Gasteiger charge is -2.42. The Bertz CT molecular complexity index is 961. The summed E-state index contributed by atoms with van der Waals surface area (Å²) in [5.41, 5.74) is 4.59. The Morgan fingerprint density at radius 2 is 1.82 bits per heavy atom. The molecule has 226 valence electrons. The van der Waals surface area contributed by atoms with E-state index in [0.29, 0.717) is 11.3 Å². The highest BCUT2D eigenvalue weighted by Crippen LogP contribution is 2.38. The van der Waals surface area contributed by atoms with Crippen LogP contribution in [0.25, 0.3) is 0 Å². The first kappa shape index (κ1) is 30.8. The molecular weight excluding hydrogens is 516 g/mol. The summed E-state index contributed by atoms with van der Waals surface area (Å²) < 4.78 is 17.1. The summed E-state index contributed by atoms with van der Waals surface area (Å²) in [6.45, 7) is 20.2. The van der Waals surface area contributed by atoms with E-state index in [1.54, 1.807) is 0 Å². The first-order valence-electron chi connectivity index (χ1n) is 15.9. The summed E-state index contributed by atoms with van der Waals surface area (Å²) in [5, 5.41) is 8.31. The average Bonchev–Trinajstić information content (AvgIpc) is 3.21. The van der Waals surface area contributed by atoms with Crippen LogP contribution in [-0.4, -0.2) is 61.1 Å². The molecule has 5 rings (SSSR count). The van der Waals surface area contributed by atoms with Crippen LogP contribution in [0.2, 0.25) is 0 Å². The summed E-state index contributed by atoms with van der Waals surface area (Å²) >= 11 is 1.94. The second-order valence-corrected chi connectivity index (χ2v) is 16.2. The van der Waals surface area contributed by atoms with Crippen LogP contribution in [0.4, 0.5) is 0 Å². The molecular formula is C33H56N4O2S. The van der Waals surface area contributed by atoms with Crippen molar-refractivity contribution < 1.29 is 9.47 Å². The highest BCUT2D eigenvalue weighted by Gasteiger charge is 2.40. The third kappa shape index (κ3) is 7.83. The van der Waals surface area contributed by atoms with Gasteiger partial charge in [-0.2, -0.15) is 0 Å². The van der Waals surface area contributed by atoms with E-state index in [0.717, 1.165) is 51.5 Å². The zero-order valence-electron chi connectivity index (χ0n) is 26.2. The molecule has 0 aromatic heterocycles. The van der Waals surface area contributed by atoms with Crippen LogP contribution in [0.3, 0.4) is 0 Å². The Kier molecular flexibility index (Phi) is 9.93. The van der Waals surface area contributed by atoms with Gasteiger partial charge >= 0.3 is 0 Å². The molecule has 4 aliphatic rings. The second-order valence-electron chi connectivity index (χ2n) is 15.0. The Morgan fingerprint density at radius 3 is 2.52 bits per heavy atom. The smallest absolute Gasteiger partial charge is 0.123 e. The van der Waals surface area contributed by atoms with Crippen LogP contribution in [-0.2, 0) is 9.47 Å². The van der Waals surface area contributed by atoms with Crippen LogP contribution in [0.1, 0.15) is 102 Å². The molecule has 3 heterocycles. The fraction of sp³-hybridized carbons (Fsp3) is 0.818. The summed E-state index contributed by atoms with van der Waals surface area (Å²) in [6.07, 6.45) is 8.72. The number of hydrogen-bond acceptors (Lipinski definition) is 7. The van der Waals surface area contributed by atoms with Crippen molar-refractivity contribution in [1.29, 1.82) is 0 Å². The molecule has 1 saturated carbocycles. The number of rotatable bonds is 4. The molecule has 3 saturated heterocycles. The second kappa shape index (κ2) is 12.9. The Hall–Kier alpha value is -0.670. The first-order valence-corrected chi connectivity index (χ1v) is 16.8. The van der Waals surface area contributed by atoms with Crippen molar-refractivity contribution in [1.82, 2.24) is 20.3 Å². The summed E-state index contributed by atoms with van der Waals surface area (Å²) in [7, 11) is 0. The van der Waals surface area contributed by atoms with Gasteiger partial charge in [-0.05, 0) is 79.4 Å². The standard InChI is InChI=1S/C33H56N4O2S/c1-22-10-8-11-23(2)30(22)27-17-29-35-31(34-27)36-40-26-13-9-12-24(16-26)19-37(20-28-33(6,7)14-15-38-28)25(21-39-29)18-32(3,4)5/h8,10-11,24-29,31,34-36H,9,12-21H2,1-7H3/t24?,25-,26?,27?,28?,29?,31?/m1/s1. The van der Waals surface area contributed by atoms with Crippen molar-refractivity contribution in [2.75, 3.05) is 26.3 Å². The maximum atomic E-state index is 6.89. The van der Waals surface area contributed by atoms with Gasteiger partial charge in [0.2, 0.25) is 0 Å². The van der Waals surface area contributed by atoms with Crippen LogP contribution >= 0.6 is 11.9 Å². The molecule has 3 aliphatic heterocycles. The van der Waals surface area contributed by atoms with Gasteiger partial charge in [0, 0.05) is 43.5 Å². The van der Waals surface area contributed by atoms with Crippen molar-refractivity contribution in [3.63, 3.8) is 0 Å². The van der Waals surface area contributed by atoms with Gasteiger partial charge in [-0.25, -0.2) is 4.72 Å². The van der Waals surface area contributed by atoms with E-state index in [2.05, 4.69) is 86.9 Å². The van der Waals surface area contributed by atoms with Crippen molar-refractivity contribution in [3.05, 3.63) is 34.9 Å². The topological polar surface area (TPSA) is 57.8 Å². The minimum atomic E-state index is -0.00743. The number of hydrogen-bond donors (Lipinski definition) is 3. The minimum absolute atomic E-state index is 0.00743. The lowest BCUT2D eigenvalue weighted by molar-refractivity contribution is -0.0618. The Balaban J connectivity index is 1.42. The highest BCUT2D eigenvalue weighted by molar-refractivity contribution is 7.98. The molecule has 4 fully saturated rings. The van der Waals surface area contributed by atoms with Crippen molar-refractivity contribution in [2.24, 2.45) is 16.7 Å². The summed E-state index contributed by atoms with van der Waals surface area (Å²) in [6, 6.07) is 7.28. The fourth-order valence-corrected chi connectivity index (χ4v) is 8.64. The molecule has 0 spiro atoms. The van der Waals surface area contributed by atoms with Gasteiger partial charge in [-0.15, -0.1) is 0 Å². The third-order valence-electron chi connectivity index (χ3n) is 9.83. The molecule has 0 radical (unpaired) electrons. The molecule has 6 unspecified atom stereocenters. The molecule has 1 aliphatic carbocycles. The van der Waals surface area contributed by atoms with Gasteiger partial charge < -0.3 is 9.47 Å². The Labute approximate surface area is 248 Å². The molecule has 1 aromatic carbocycles. The van der Waals surface area contributed by atoms with E-state index in [9.17, 15) is 0 Å². The van der Waals surface area contributed by atoms with E-state index >= 15 is 0 Å². The van der Waals surface area contributed by atoms with Gasteiger partial charge in [0.15, 0.2) is 0 Å². The number of ether oxygens (including phenoxy) is 2. The highest BCUT2D eigenvalue weighted by atomic mass is 32.2. The van der Waals surface area contributed by atoms with E-state index in [1.807, 2.05) is 11.9 Å². The molecule has 0 amide bonds. The molecule has 3 N–H and O–H groups in total. The summed E-state index contributed by atoms with van der Waals surface area (Å²) in [5.74, 6) is 0.725. The van der Waals surface area contributed by atoms with Gasteiger partial charge in [0.25, 0.3) is 0 Å². The molecule has 4 bridgehead atoms. The monoisotopic (exact) mass is 572 g/mol. The van der Waals surface area contributed by atoms with Crippen molar-refractivity contribution in [3.8, 4) is 0 Å². The lowest BCUT2D eigenvalue weighted by Crippen LogP contribution is -2.61. The van der Waals surface area contributed by atoms with Gasteiger partial charge in [0.1, 0.15) is 12.5 Å². The number of aryl methyl sites for hydroxylation is 2.